The van der Waals surface area contributed by atoms with Crippen LogP contribution in [0.1, 0.15) is 26.2 Å². The maximum Gasteiger partial charge on any atom is 0.643 e. The van der Waals surface area contributed by atoms with E-state index in [4.69, 9.17) is 23.4 Å². The van der Waals surface area contributed by atoms with E-state index in [2.05, 4.69) is 0 Å². The van der Waals surface area contributed by atoms with Gasteiger partial charge in [0.05, 0.1) is 6.61 Å². The Morgan fingerprint density at radius 2 is 2.27 bits per heavy atom. The summed E-state index contributed by atoms with van der Waals surface area (Å²) in [5.74, 6) is -0.971. The van der Waals surface area contributed by atoms with Crippen LogP contribution in [0.5, 0.6) is 0 Å². The van der Waals surface area contributed by atoms with Gasteiger partial charge in [0.2, 0.25) is 0 Å². The largest absolute Gasteiger partial charge is 0.643 e. The molecule has 0 aromatic rings. The fraction of sp³-hybridized carbons (Fsp3) is 1.00. The number of hydrogen-bond acceptors (Lipinski definition) is 5. The highest BCUT2D eigenvalue weighted by Gasteiger charge is 2.44. The van der Waals surface area contributed by atoms with E-state index in [9.17, 15) is 0 Å². The SMILES string of the molecule is COC1(OB2OCCC(C)O2)CCCO1. The van der Waals surface area contributed by atoms with E-state index in [1.165, 1.54) is 0 Å². The molecule has 2 unspecified atom stereocenters. The zero-order valence-electron chi connectivity index (χ0n) is 9.23. The lowest BCUT2D eigenvalue weighted by Crippen LogP contribution is -2.46. The van der Waals surface area contributed by atoms with Crippen molar-refractivity contribution in [3.05, 3.63) is 0 Å². The van der Waals surface area contributed by atoms with E-state index >= 15 is 0 Å². The summed E-state index contributed by atoms with van der Waals surface area (Å²) in [6.45, 7) is 3.29. The molecule has 0 aromatic heterocycles. The molecule has 2 rings (SSSR count). The van der Waals surface area contributed by atoms with Gasteiger partial charge in [0.25, 0.3) is 5.97 Å². The second kappa shape index (κ2) is 4.80. The molecule has 15 heavy (non-hydrogen) atoms. The topological polar surface area (TPSA) is 46.2 Å². The highest BCUT2D eigenvalue weighted by Crippen LogP contribution is 2.29. The molecule has 0 aromatic carbocycles. The van der Waals surface area contributed by atoms with Gasteiger partial charge in [0, 0.05) is 26.2 Å². The van der Waals surface area contributed by atoms with E-state index < -0.39 is 13.3 Å². The van der Waals surface area contributed by atoms with Crippen molar-refractivity contribution in [2.45, 2.75) is 38.3 Å². The van der Waals surface area contributed by atoms with Crippen molar-refractivity contribution in [2.24, 2.45) is 0 Å². The van der Waals surface area contributed by atoms with Crippen LogP contribution in [0.2, 0.25) is 0 Å². The van der Waals surface area contributed by atoms with E-state index in [0.717, 1.165) is 12.8 Å². The Kier molecular flexibility index (Phi) is 3.63. The Morgan fingerprint density at radius 1 is 1.40 bits per heavy atom. The number of rotatable bonds is 3. The normalized spacial score (nSPS) is 37.2. The zero-order valence-corrected chi connectivity index (χ0v) is 9.23. The molecule has 86 valence electrons. The van der Waals surface area contributed by atoms with E-state index in [0.29, 0.717) is 19.6 Å². The molecule has 0 radical (unpaired) electrons. The van der Waals surface area contributed by atoms with Crippen molar-refractivity contribution in [1.82, 2.24) is 0 Å². The molecule has 2 atom stereocenters. The van der Waals surface area contributed by atoms with Crippen LogP contribution in [-0.2, 0) is 23.4 Å². The molecule has 0 spiro atoms. The van der Waals surface area contributed by atoms with Gasteiger partial charge in [0.15, 0.2) is 0 Å². The summed E-state index contributed by atoms with van der Waals surface area (Å²) >= 11 is 0. The molecule has 2 fully saturated rings. The Morgan fingerprint density at radius 3 is 2.87 bits per heavy atom. The zero-order chi connectivity index (χ0) is 10.7. The highest BCUT2D eigenvalue weighted by molar-refractivity contribution is 6.36. The van der Waals surface area contributed by atoms with Crippen LogP contribution in [0.3, 0.4) is 0 Å². The van der Waals surface area contributed by atoms with Crippen LogP contribution < -0.4 is 0 Å². The molecular weight excluding hydrogens is 199 g/mol. The lowest BCUT2D eigenvalue weighted by atomic mass is 10.1. The minimum absolute atomic E-state index is 0.152. The fourth-order valence-electron chi connectivity index (χ4n) is 1.73. The van der Waals surface area contributed by atoms with Gasteiger partial charge >= 0.3 is 7.32 Å². The van der Waals surface area contributed by atoms with E-state index in [-0.39, 0.29) is 6.10 Å². The lowest BCUT2D eigenvalue weighted by Gasteiger charge is -2.32. The predicted molar refractivity (Wildman–Crippen MR) is 52.9 cm³/mol. The Labute approximate surface area is 90.1 Å². The first-order valence-electron chi connectivity index (χ1n) is 5.38. The first kappa shape index (κ1) is 11.4. The number of ether oxygens (including phenoxy) is 2. The Balaban J connectivity index is 1.88. The maximum atomic E-state index is 5.57. The van der Waals surface area contributed by atoms with Gasteiger partial charge in [-0.1, -0.05) is 0 Å². The van der Waals surface area contributed by atoms with Crippen molar-refractivity contribution in [1.29, 1.82) is 0 Å². The quantitative estimate of drug-likeness (QED) is 0.518. The lowest BCUT2D eigenvalue weighted by molar-refractivity contribution is -0.325. The summed E-state index contributed by atoms with van der Waals surface area (Å²) < 4.78 is 27.0. The smallest absolute Gasteiger partial charge is 0.386 e. The summed E-state index contributed by atoms with van der Waals surface area (Å²) in [5.41, 5.74) is 0. The third kappa shape index (κ3) is 2.70. The number of hydrogen-bond donors (Lipinski definition) is 0. The molecule has 2 heterocycles. The first-order valence-corrected chi connectivity index (χ1v) is 5.38. The molecular formula is C9H17BO5. The minimum Gasteiger partial charge on any atom is -0.386 e. The second-order valence-corrected chi connectivity index (χ2v) is 3.85. The van der Waals surface area contributed by atoms with Gasteiger partial charge in [-0.3, -0.25) is 0 Å². The van der Waals surface area contributed by atoms with Gasteiger partial charge in [-0.2, -0.15) is 0 Å². The molecule has 2 aliphatic heterocycles. The van der Waals surface area contributed by atoms with Crippen molar-refractivity contribution in [2.75, 3.05) is 20.3 Å². The fourth-order valence-corrected chi connectivity index (χ4v) is 1.73. The molecule has 0 N–H and O–H groups in total. The van der Waals surface area contributed by atoms with E-state index in [1.807, 2.05) is 6.92 Å². The van der Waals surface area contributed by atoms with Gasteiger partial charge in [0.1, 0.15) is 0 Å². The molecule has 6 heteroatoms. The third-order valence-corrected chi connectivity index (χ3v) is 2.66. The Hall–Kier alpha value is -0.135. The van der Waals surface area contributed by atoms with Crippen molar-refractivity contribution in [3.8, 4) is 0 Å². The second-order valence-electron chi connectivity index (χ2n) is 3.85. The average molecular weight is 216 g/mol. The summed E-state index contributed by atoms with van der Waals surface area (Å²) in [6.07, 6.45) is 2.68. The monoisotopic (exact) mass is 216 g/mol. The van der Waals surface area contributed by atoms with Gasteiger partial charge in [-0.25, -0.2) is 0 Å². The van der Waals surface area contributed by atoms with Crippen LogP contribution >= 0.6 is 0 Å². The molecule has 2 saturated heterocycles. The molecule has 5 nitrogen and oxygen atoms in total. The van der Waals surface area contributed by atoms with Crippen LogP contribution in [0.25, 0.3) is 0 Å². The molecule has 0 aliphatic carbocycles. The predicted octanol–water partition coefficient (Wildman–Crippen LogP) is 0.924. The van der Waals surface area contributed by atoms with Gasteiger partial charge in [-0.05, 0) is 19.8 Å². The Bertz CT molecular complexity index is 207. The summed E-state index contributed by atoms with van der Waals surface area (Å²) in [6, 6.07) is 0. The van der Waals surface area contributed by atoms with Crippen molar-refractivity contribution in [3.63, 3.8) is 0 Å². The summed E-state index contributed by atoms with van der Waals surface area (Å²) in [4.78, 5) is 0. The molecule has 0 saturated carbocycles. The third-order valence-electron chi connectivity index (χ3n) is 2.66. The number of methoxy groups -OCH3 is 1. The minimum atomic E-state index is -0.971. The maximum absolute atomic E-state index is 5.57. The van der Waals surface area contributed by atoms with Crippen LogP contribution in [0.15, 0.2) is 0 Å². The first-order chi connectivity index (χ1) is 7.24. The standard InChI is InChI=1S/C9H17BO5/c1-8-4-7-13-10(14-8)15-9(11-2)5-3-6-12-9/h8H,3-7H2,1-2H3. The summed E-state index contributed by atoms with van der Waals surface area (Å²) in [7, 11) is 0.893. The van der Waals surface area contributed by atoms with Crippen LogP contribution in [0.4, 0.5) is 0 Å². The van der Waals surface area contributed by atoms with Gasteiger partial charge < -0.3 is 23.4 Å². The molecule has 2 aliphatic rings. The van der Waals surface area contributed by atoms with Crippen molar-refractivity contribution < 1.29 is 23.4 Å². The highest BCUT2D eigenvalue weighted by atomic mass is 16.9. The average Bonchev–Trinajstić information content (AvgIpc) is 2.67. The summed E-state index contributed by atoms with van der Waals surface area (Å²) in [5, 5.41) is 0. The van der Waals surface area contributed by atoms with Crippen LogP contribution in [0, 0.1) is 0 Å². The molecule has 0 amide bonds. The van der Waals surface area contributed by atoms with Crippen LogP contribution in [-0.4, -0.2) is 39.7 Å². The van der Waals surface area contributed by atoms with Gasteiger partial charge in [-0.15, -0.1) is 0 Å². The van der Waals surface area contributed by atoms with E-state index in [1.54, 1.807) is 7.11 Å². The molecule has 0 bridgehead atoms. The van der Waals surface area contributed by atoms with Crippen molar-refractivity contribution >= 4 is 7.32 Å².